The van der Waals surface area contributed by atoms with Gasteiger partial charge in [0.1, 0.15) is 5.41 Å². The quantitative estimate of drug-likeness (QED) is 0.656. The van der Waals surface area contributed by atoms with Gasteiger partial charge in [-0.2, -0.15) is 0 Å². The van der Waals surface area contributed by atoms with Crippen LogP contribution in [0.15, 0.2) is 17.7 Å². The summed E-state index contributed by atoms with van der Waals surface area (Å²) in [6.45, 7) is 8.98. The first kappa shape index (κ1) is 17.3. The van der Waals surface area contributed by atoms with Crippen LogP contribution in [0.4, 0.5) is 0 Å². The normalized spacial score (nSPS) is 35.9. The van der Waals surface area contributed by atoms with Crippen LogP contribution < -0.4 is 0 Å². The molecule has 144 valence electrons. The predicted octanol–water partition coefficient (Wildman–Crippen LogP) is 3.62. The molecule has 4 nitrogen and oxygen atoms in total. The number of aromatic amines is 1. The van der Waals surface area contributed by atoms with Crippen LogP contribution in [-0.2, 0) is 27.8 Å². The highest BCUT2D eigenvalue weighted by Crippen LogP contribution is 2.53. The summed E-state index contributed by atoms with van der Waals surface area (Å²) < 4.78 is 5.74. The Morgan fingerprint density at radius 2 is 2.22 bits per heavy atom. The third-order valence-corrected chi connectivity index (χ3v) is 7.20. The van der Waals surface area contributed by atoms with Crippen molar-refractivity contribution >= 4 is 12.0 Å². The van der Waals surface area contributed by atoms with E-state index in [-0.39, 0.29) is 12.0 Å². The molecule has 4 heterocycles. The lowest BCUT2D eigenvalue weighted by Crippen LogP contribution is -2.64. The number of allylic oxidation sites excluding steroid dienone is 1. The average Bonchev–Trinajstić information content (AvgIpc) is 2.99. The summed E-state index contributed by atoms with van der Waals surface area (Å²) in [5.41, 5.74) is 6.09. The van der Waals surface area contributed by atoms with E-state index in [1.807, 2.05) is 6.92 Å². The van der Waals surface area contributed by atoms with E-state index < -0.39 is 5.41 Å². The van der Waals surface area contributed by atoms with E-state index in [1.54, 1.807) is 0 Å². The van der Waals surface area contributed by atoms with Crippen LogP contribution in [0.2, 0.25) is 0 Å². The maximum Gasteiger partial charge on any atom is 0.320 e. The van der Waals surface area contributed by atoms with Gasteiger partial charge in [-0.25, -0.2) is 0 Å². The molecule has 3 aliphatic heterocycles. The molecule has 5 aliphatic rings. The lowest BCUT2D eigenvalue weighted by Gasteiger charge is -2.53. The fourth-order valence-electron chi connectivity index (χ4n) is 6.23. The predicted molar refractivity (Wildman–Crippen MR) is 107 cm³/mol. The number of aromatic nitrogens is 1. The smallest absolute Gasteiger partial charge is 0.320 e. The monoisotopic (exact) mass is 366 g/mol. The highest BCUT2D eigenvalue weighted by atomic mass is 16.5. The van der Waals surface area contributed by atoms with E-state index in [2.05, 4.69) is 42.0 Å². The van der Waals surface area contributed by atoms with E-state index in [4.69, 9.17) is 4.74 Å². The second-order valence-corrected chi connectivity index (χ2v) is 8.81. The summed E-state index contributed by atoms with van der Waals surface area (Å²) in [6, 6.07) is 0.148. The third-order valence-electron chi connectivity index (χ3n) is 7.20. The fraction of sp³-hybridized carbons (Fsp3) is 0.609. The zero-order valence-corrected chi connectivity index (χ0v) is 16.7. The third kappa shape index (κ3) is 2.29. The van der Waals surface area contributed by atoms with Crippen molar-refractivity contribution in [2.45, 2.75) is 57.9 Å². The van der Waals surface area contributed by atoms with Gasteiger partial charge in [-0.05, 0) is 61.6 Å². The van der Waals surface area contributed by atoms with Gasteiger partial charge in [0.25, 0.3) is 0 Å². The molecule has 1 N–H and O–H groups in total. The number of carbonyl (C=O) groups is 1. The van der Waals surface area contributed by atoms with Crippen LogP contribution in [0.5, 0.6) is 0 Å². The molecule has 0 aromatic carbocycles. The second-order valence-electron chi connectivity index (χ2n) is 8.81. The van der Waals surface area contributed by atoms with Gasteiger partial charge in [-0.3, -0.25) is 9.69 Å². The minimum atomic E-state index is -0.570. The lowest BCUT2D eigenvalue weighted by molar-refractivity contribution is -0.156. The molecule has 1 saturated heterocycles. The molecule has 4 bridgehead atoms. The van der Waals surface area contributed by atoms with Gasteiger partial charge in [-0.15, -0.1) is 0 Å². The lowest BCUT2D eigenvalue weighted by atomic mass is 9.60. The van der Waals surface area contributed by atoms with Crippen LogP contribution in [-0.4, -0.2) is 41.6 Å². The number of hydrogen-bond acceptors (Lipinski definition) is 3. The van der Waals surface area contributed by atoms with Gasteiger partial charge < -0.3 is 9.72 Å². The zero-order chi connectivity index (χ0) is 18.8. The standard InChI is InChI=1S/C23H30N2O2/c1-4-16-11-15-12-23(22(26)27-5-2)20-17(8-9-25(13-15)21(16)23)18-10-14(3)6-7-19(18)24-20/h6-7,11,14-15,21,24H,4-5,8-10,12-13H2,1-3H3. The van der Waals surface area contributed by atoms with E-state index >= 15 is 0 Å². The summed E-state index contributed by atoms with van der Waals surface area (Å²) in [5, 5.41) is 0. The fourth-order valence-corrected chi connectivity index (χ4v) is 6.23. The highest BCUT2D eigenvalue weighted by molar-refractivity contribution is 5.87. The molecule has 27 heavy (non-hydrogen) atoms. The highest BCUT2D eigenvalue weighted by Gasteiger charge is 2.60. The van der Waals surface area contributed by atoms with E-state index in [0.717, 1.165) is 38.8 Å². The summed E-state index contributed by atoms with van der Waals surface area (Å²) >= 11 is 0. The Morgan fingerprint density at radius 3 is 3.00 bits per heavy atom. The molecule has 5 atom stereocenters. The SMILES string of the molecule is CCOC(=O)C12CC3C=C(CC)C1N(CCc1c2[nH]c2c1CC(C)C=C2)C3. The Hall–Kier alpha value is -1.81. The van der Waals surface area contributed by atoms with Gasteiger partial charge >= 0.3 is 5.97 Å². The number of H-pyrrole nitrogens is 1. The Bertz CT molecular complexity index is 849. The number of rotatable bonds is 3. The van der Waals surface area contributed by atoms with Crippen LogP contribution in [0.3, 0.4) is 0 Å². The number of carbonyl (C=O) groups excluding carboxylic acids is 1. The molecule has 1 aromatic heterocycles. The van der Waals surface area contributed by atoms with E-state index in [0.29, 0.717) is 18.4 Å². The molecule has 5 unspecified atom stereocenters. The number of nitrogens with one attached hydrogen (secondary N) is 1. The Kier molecular flexibility index (Phi) is 3.91. The van der Waals surface area contributed by atoms with Crippen molar-refractivity contribution in [2.24, 2.45) is 11.8 Å². The number of piperidine rings is 1. The minimum absolute atomic E-state index is 0.0254. The van der Waals surface area contributed by atoms with E-state index in [9.17, 15) is 4.79 Å². The van der Waals surface area contributed by atoms with Crippen molar-refractivity contribution in [3.8, 4) is 0 Å². The molecule has 0 spiro atoms. The van der Waals surface area contributed by atoms with Crippen molar-refractivity contribution in [2.75, 3.05) is 19.7 Å². The van der Waals surface area contributed by atoms with E-state index in [1.165, 1.54) is 28.1 Å². The Labute approximate surface area is 161 Å². The summed E-state index contributed by atoms with van der Waals surface area (Å²) in [5.74, 6) is 0.971. The molecule has 0 radical (unpaired) electrons. The average molecular weight is 367 g/mol. The van der Waals surface area contributed by atoms with Crippen LogP contribution in [0, 0.1) is 11.8 Å². The van der Waals surface area contributed by atoms with Crippen LogP contribution >= 0.6 is 0 Å². The number of hydrogen-bond donors (Lipinski definition) is 1. The van der Waals surface area contributed by atoms with Crippen molar-refractivity contribution < 1.29 is 9.53 Å². The number of fused-ring (bicyclic) bond motifs is 3. The summed E-state index contributed by atoms with van der Waals surface area (Å²) in [7, 11) is 0. The zero-order valence-electron chi connectivity index (χ0n) is 16.7. The molecule has 0 amide bonds. The molecule has 4 heteroatoms. The first-order valence-corrected chi connectivity index (χ1v) is 10.6. The Morgan fingerprint density at radius 1 is 1.37 bits per heavy atom. The maximum absolute atomic E-state index is 13.6. The molecule has 0 saturated carbocycles. The summed E-state index contributed by atoms with van der Waals surface area (Å²) in [4.78, 5) is 19.9. The van der Waals surface area contributed by atoms with Gasteiger partial charge in [0, 0.05) is 24.5 Å². The van der Waals surface area contributed by atoms with Crippen molar-refractivity contribution in [3.05, 3.63) is 40.2 Å². The topological polar surface area (TPSA) is 45.3 Å². The summed E-state index contributed by atoms with van der Waals surface area (Å²) in [6.07, 6.45) is 10.9. The molecular weight excluding hydrogens is 336 g/mol. The molecular formula is C23H30N2O2. The van der Waals surface area contributed by atoms with Gasteiger partial charge in [0.2, 0.25) is 0 Å². The van der Waals surface area contributed by atoms with Crippen LogP contribution in [0.25, 0.3) is 6.08 Å². The van der Waals surface area contributed by atoms with Crippen LogP contribution in [0.1, 0.15) is 56.1 Å². The number of ether oxygens (including phenoxy) is 1. The molecule has 6 rings (SSSR count). The first-order chi connectivity index (χ1) is 13.1. The second kappa shape index (κ2) is 6.10. The maximum atomic E-state index is 13.6. The molecule has 1 fully saturated rings. The minimum Gasteiger partial charge on any atom is -0.465 e. The van der Waals surface area contributed by atoms with Gasteiger partial charge in [0.15, 0.2) is 0 Å². The Balaban J connectivity index is 1.74. The van der Waals surface area contributed by atoms with Crippen molar-refractivity contribution in [1.82, 2.24) is 9.88 Å². The van der Waals surface area contributed by atoms with Crippen molar-refractivity contribution in [1.29, 1.82) is 0 Å². The number of nitrogens with zero attached hydrogens (tertiary/aromatic N) is 1. The van der Waals surface area contributed by atoms with Crippen molar-refractivity contribution in [3.63, 3.8) is 0 Å². The first-order valence-electron chi connectivity index (χ1n) is 10.6. The van der Waals surface area contributed by atoms with Gasteiger partial charge in [0.05, 0.1) is 12.6 Å². The van der Waals surface area contributed by atoms with Gasteiger partial charge in [-0.1, -0.05) is 31.6 Å². The number of esters is 1. The largest absolute Gasteiger partial charge is 0.465 e. The molecule has 2 aliphatic carbocycles. The molecule has 1 aromatic rings.